The highest BCUT2D eigenvalue weighted by atomic mass is 35.5. The van der Waals surface area contributed by atoms with E-state index < -0.39 is 5.91 Å². The Labute approximate surface area is 151 Å². The largest absolute Gasteiger partial charge is 0.508 e. The van der Waals surface area contributed by atoms with Crippen LogP contribution in [-0.2, 0) is 4.79 Å². The van der Waals surface area contributed by atoms with Crippen LogP contribution in [0.2, 0.25) is 5.02 Å². The molecule has 0 aromatic heterocycles. The number of nitriles is 1. The highest BCUT2D eigenvalue weighted by Gasteiger charge is 2.12. The molecular weight excluding hydrogens is 338 g/mol. The second kappa shape index (κ2) is 7.73. The van der Waals surface area contributed by atoms with E-state index in [1.807, 2.05) is 26.0 Å². The Balaban J connectivity index is 2.20. The Kier molecular flexibility index (Phi) is 5.68. The summed E-state index contributed by atoms with van der Waals surface area (Å²) in [6.07, 6.45) is 1.33. The van der Waals surface area contributed by atoms with Crippen molar-refractivity contribution >= 4 is 28.9 Å². The molecule has 0 aliphatic carbocycles. The van der Waals surface area contributed by atoms with E-state index in [-0.39, 0.29) is 11.3 Å². The second-order valence-electron chi connectivity index (χ2n) is 5.71. The zero-order chi connectivity index (χ0) is 18.6. The highest BCUT2D eigenvalue weighted by Crippen LogP contribution is 2.27. The van der Waals surface area contributed by atoms with Gasteiger partial charge in [0.25, 0.3) is 5.91 Å². The molecule has 6 heteroatoms. The third-order valence-corrected chi connectivity index (χ3v) is 3.91. The number of hydrogen-bond acceptors (Lipinski definition) is 4. The maximum absolute atomic E-state index is 12.3. The number of aryl methyl sites for hydroxylation is 3. The van der Waals surface area contributed by atoms with Crippen molar-refractivity contribution in [3.8, 4) is 11.8 Å². The summed E-state index contributed by atoms with van der Waals surface area (Å²) in [6.45, 7) is 5.58. The fourth-order valence-electron chi connectivity index (χ4n) is 2.37. The lowest BCUT2D eigenvalue weighted by atomic mass is 10.1. The number of halogens is 1. The highest BCUT2D eigenvalue weighted by molar-refractivity contribution is 6.33. The molecule has 0 saturated carbocycles. The molecule has 0 radical (unpaired) electrons. The molecule has 5 nitrogen and oxygen atoms in total. The number of phenols is 1. The van der Waals surface area contributed by atoms with Crippen LogP contribution < -0.4 is 10.6 Å². The molecule has 0 atom stereocenters. The number of phenolic OH excluding ortho intramolecular Hbond substituents is 1. The minimum Gasteiger partial charge on any atom is -0.508 e. The van der Waals surface area contributed by atoms with Crippen molar-refractivity contribution in [1.29, 1.82) is 5.26 Å². The van der Waals surface area contributed by atoms with Gasteiger partial charge in [-0.1, -0.05) is 17.7 Å². The summed E-state index contributed by atoms with van der Waals surface area (Å²) < 4.78 is 0. The number of nitrogens with zero attached hydrogens (tertiary/aromatic N) is 1. The summed E-state index contributed by atoms with van der Waals surface area (Å²) in [5, 5.41) is 24.8. The Hall–Kier alpha value is -2.97. The Morgan fingerprint density at radius 2 is 1.92 bits per heavy atom. The summed E-state index contributed by atoms with van der Waals surface area (Å²) in [4.78, 5) is 12.3. The molecule has 0 aliphatic rings. The average molecular weight is 356 g/mol. The van der Waals surface area contributed by atoms with Gasteiger partial charge in [0.15, 0.2) is 0 Å². The number of carbonyl (C=O) groups excluding carboxylic acids is 1. The van der Waals surface area contributed by atoms with Crippen molar-refractivity contribution in [1.82, 2.24) is 0 Å². The predicted octanol–water partition coefficient (Wildman–Crippen LogP) is 4.43. The number of benzene rings is 2. The fourth-order valence-corrected chi connectivity index (χ4v) is 2.74. The topological polar surface area (TPSA) is 85.2 Å². The number of anilines is 2. The first-order valence-corrected chi connectivity index (χ1v) is 7.94. The summed E-state index contributed by atoms with van der Waals surface area (Å²) in [5.74, 6) is -0.442. The fraction of sp³-hybridized carbons (Fsp3) is 0.158. The minimum atomic E-state index is -0.551. The molecule has 0 unspecified atom stereocenters. The Morgan fingerprint density at radius 1 is 1.20 bits per heavy atom. The molecular formula is C19H18ClN3O2. The molecule has 1 amide bonds. The minimum absolute atomic E-state index is 0.0940. The zero-order valence-corrected chi connectivity index (χ0v) is 14.9. The lowest BCUT2D eigenvalue weighted by Crippen LogP contribution is -2.15. The van der Waals surface area contributed by atoms with Crippen LogP contribution in [0.25, 0.3) is 0 Å². The maximum atomic E-state index is 12.3. The molecule has 0 bridgehead atoms. The first-order valence-electron chi connectivity index (χ1n) is 7.56. The van der Waals surface area contributed by atoms with Crippen LogP contribution in [-0.4, -0.2) is 11.0 Å². The van der Waals surface area contributed by atoms with Crippen LogP contribution in [0.1, 0.15) is 16.7 Å². The predicted molar refractivity (Wildman–Crippen MR) is 99.7 cm³/mol. The van der Waals surface area contributed by atoms with Crippen LogP contribution in [0.3, 0.4) is 0 Å². The van der Waals surface area contributed by atoms with Crippen molar-refractivity contribution in [2.75, 3.05) is 10.6 Å². The number of rotatable bonds is 4. The second-order valence-corrected chi connectivity index (χ2v) is 6.11. The molecule has 0 saturated heterocycles. The van der Waals surface area contributed by atoms with E-state index in [9.17, 15) is 15.2 Å². The normalized spacial score (nSPS) is 10.9. The van der Waals surface area contributed by atoms with Gasteiger partial charge in [0.2, 0.25) is 0 Å². The molecule has 25 heavy (non-hydrogen) atoms. The molecule has 0 heterocycles. The van der Waals surface area contributed by atoms with E-state index in [1.165, 1.54) is 18.3 Å². The number of hydrogen-bond donors (Lipinski definition) is 3. The lowest BCUT2D eigenvalue weighted by Gasteiger charge is -2.11. The van der Waals surface area contributed by atoms with Crippen LogP contribution in [0.5, 0.6) is 5.75 Å². The van der Waals surface area contributed by atoms with E-state index in [4.69, 9.17) is 11.6 Å². The summed E-state index contributed by atoms with van der Waals surface area (Å²) >= 11 is 6.21. The van der Waals surface area contributed by atoms with E-state index in [1.54, 1.807) is 19.1 Å². The van der Waals surface area contributed by atoms with Gasteiger partial charge in [-0.2, -0.15) is 5.26 Å². The van der Waals surface area contributed by atoms with Crippen LogP contribution in [0, 0.1) is 32.1 Å². The molecule has 0 spiro atoms. The van der Waals surface area contributed by atoms with E-state index in [0.717, 1.165) is 11.1 Å². The molecule has 128 valence electrons. The molecule has 3 N–H and O–H groups in total. The number of nitrogens with one attached hydrogen (secondary N) is 2. The van der Waals surface area contributed by atoms with Crippen molar-refractivity contribution in [3.63, 3.8) is 0 Å². The van der Waals surface area contributed by atoms with E-state index in [0.29, 0.717) is 22.0 Å². The number of carbonyl (C=O) groups is 1. The zero-order valence-electron chi connectivity index (χ0n) is 14.1. The van der Waals surface area contributed by atoms with Gasteiger partial charge < -0.3 is 15.7 Å². The summed E-state index contributed by atoms with van der Waals surface area (Å²) in [7, 11) is 0. The smallest absolute Gasteiger partial charge is 0.267 e. The number of amides is 1. The van der Waals surface area contributed by atoms with Crippen LogP contribution >= 0.6 is 11.6 Å². The Morgan fingerprint density at radius 3 is 2.52 bits per heavy atom. The van der Waals surface area contributed by atoms with Crippen LogP contribution in [0.15, 0.2) is 42.1 Å². The van der Waals surface area contributed by atoms with Crippen LogP contribution in [0.4, 0.5) is 11.4 Å². The number of aromatic hydroxyl groups is 1. The van der Waals surface area contributed by atoms with Gasteiger partial charge in [0.1, 0.15) is 17.4 Å². The molecule has 0 fully saturated rings. The van der Waals surface area contributed by atoms with Crippen molar-refractivity contribution < 1.29 is 9.90 Å². The SMILES string of the molecule is Cc1cc(C)c(N/C=C(/C#N)C(=O)Nc2ccc(O)cc2C)c(Cl)c1. The van der Waals surface area contributed by atoms with Gasteiger partial charge in [-0.15, -0.1) is 0 Å². The van der Waals surface area contributed by atoms with Gasteiger partial charge in [-0.25, -0.2) is 0 Å². The molecule has 2 aromatic rings. The average Bonchev–Trinajstić information content (AvgIpc) is 2.52. The monoisotopic (exact) mass is 355 g/mol. The first kappa shape index (κ1) is 18.4. The van der Waals surface area contributed by atoms with E-state index in [2.05, 4.69) is 10.6 Å². The third-order valence-electron chi connectivity index (χ3n) is 3.62. The van der Waals surface area contributed by atoms with Gasteiger partial charge in [0.05, 0.1) is 10.7 Å². The maximum Gasteiger partial charge on any atom is 0.267 e. The first-order chi connectivity index (χ1) is 11.8. The van der Waals surface area contributed by atoms with Crippen molar-refractivity contribution in [2.45, 2.75) is 20.8 Å². The van der Waals surface area contributed by atoms with Gasteiger partial charge in [-0.05, 0) is 61.7 Å². The molecule has 2 aromatic carbocycles. The third kappa shape index (κ3) is 4.52. The standard InChI is InChI=1S/C19H18ClN3O2/c1-11-6-13(3)18(16(20)7-11)22-10-14(9-21)19(25)23-17-5-4-15(24)8-12(17)2/h4-8,10,22,24H,1-3H3,(H,23,25)/b14-10-. The van der Waals surface area contributed by atoms with Gasteiger partial charge in [0, 0.05) is 11.9 Å². The van der Waals surface area contributed by atoms with Crippen molar-refractivity contribution in [2.24, 2.45) is 0 Å². The van der Waals surface area contributed by atoms with Gasteiger partial charge in [-0.3, -0.25) is 4.79 Å². The van der Waals surface area contributed by atoms with Crippen molar-refractivity contribution in [3.05, 3.63) is 63.8 Å². The van der Waals surface area contributed by atoms with Gasteiger partial charge >= 0.3 is 0 Å². The molecule has 2 rings (SSSR count). The molecule has 0 aliphatic heterocycles. The lowest BCUT2D eigenvalue weighted by molar-refractivity contribution is -0.112. The summed E-state index contributed by atoms with van der Waals surface area (Å²) in [6, 6.07) is 10.2. The quantitative estimate of drug-likeness (QED) is 0.430. The van der Waals surface area contributed by atoms with E-state index >= 15 is 0 Å². The Bertz CT molecular complexity index is 875. The summed E-state index contributed by atoms with van der Waals surface area (Å²) in [5.41, 5.74) is 3.70.